The number of carbonyl (C=O) groups excluding carboxylic acids is 1. The quantitative estimate of drug-likeness (QED) is 0.555. The first-order valence-corrected chi connectivity index (χ1v) is 14.4. The third-order valence-electron chi connectivity index (χ3n) is 7.63. The molecular formula is C27H34FN3O4S. The van der Waals surface area contributed by atoms with Gasteiger partial charge in [0.15, 0.2) is 5.82 Å². The summed E-state index contributed by atoms with van der Waals surface area (Å²) in [6.45, 7) is 0.603. The maximum Gasteiger partial charge on any atom is 0.326 e. The molecule has 2 fully saturated rings. The van der Waals surface area contributed by atoms with Crippen molar-refractivity contribution >= 4 is 21.8 Å². The van der Waals surface area contributed by atoms with Gasteiger partial charge in [0.25, 0.3) is 5.91 Å². The van der Waals surface area contributed by atoms with Crippen molar-refractivity contribution in [2.24, 2.45) is 5.92 Å². The molecule has 2 aliphatic carbocycles. The first-order valence-electron chi connectivity index (χ1n) is 13.0. The van der Waals surface area contributed by atoms with E-state index >= 15 is 4.39 Å². The molecule has 3 aliphatic rings. The summed E-state index contributed by atoms with van der Waals surface area (Å²) in [5, 5.41) is 3.61. The Bertz CT molecular complexity index is 1200. The number of nitrogens with zero attached hydrogens (tertiary/aromatic N) is 1. The van der Waals surface area contributed by atoms with Crippen molar-refractivity contribution in [2.45, 2.75) is 70.4 Å². The van der Waals surface area contributed by atoms with Crippen LogP contribution in [0, 0.1) is 11.7 Å². The van der Waals surface area contributed by atoms with E-state index in [2.05, 4.69) is 5.32 Å². The van der Waals surface area contributed by atoms with Crippen LogP contribution in [-0.4, -0.2) is 33.5 Å². The number of anilines is 1. The van der Waals surface area contributed by atoms with Crippen molar-refractivity contribution in [3.8, 4) is 5.75 Å². The summed E-state index contributed by atoms with van der Waals surface area (Å²) < 4.78 is 50.1. The number of nitrogens with one attached hydrogen (secondary N) is 2. The van der Waals surface area contributed by atoms with Gasteiger partial charge in [-0.15, -0.1) is 0 Å². The van der Waals surface area contributed by atoms with Gasteiger partial charge in [-0.1, -0.05) is 62.4 Å². The maximum absolute atomic E-state index is 16.1. The molecule has 2 aromatic rings. The first kappa shape index (κ1) is 25.0. The average Bonchev–Trinajstić information content (AvgIpc) is 3.15. The number of carbonyl (C=O) groups is 1. The van der Waals surface area contributed by atoms with Crippen LogP contribution >= 0.6 is 0 Å². The standard InChI is InChI=1S/C27H34FN3O4S/c28-26-23-16-22(29-14-13-19-7-3-1-4-8-19)12-11-21(23)15-24(35-18-20-9-5-2-6-10-20)27(26)31-17-25(32)30-36(31,33)34/h2,5-6,9-10,15,19,22,29H,1,3-4,7-8,11-14,16-18H2,(H,30,32). The molecule has 9 heteroatoms. The molecule has 1 amide bonds. The molecule has 1 heterocycles. The number of fused-ring (bicyclic) bond motifs is 1. The molecule has 0 radical (unpaired) electrons. The summed E-state index contributed by atoms with van der Waals surface area (Å²) in [4.78, 5) is 11.9. The van der Waals surface area contributed by atoms with Gasteiger partial charge in [0, 0.05) is 6.04 Å². The molecule has 1 saturated carbocycles. The fourth-order valence-electron chi connectivity index (χ4n) is 5.69. The maximum atomic E-state index is 16.1. The second-order valence-corrected chi connectivity index (χ2v) is 11.8. The summed E-state index contributed by atoms with van der Waals surface area (Å²) >= 11 is 0. The minimum Gasteiger partial charge on any atom is -0.487 e. The van der Waals surface area contributed by atoms with E-state index in [0.717, 1.165) is 40.7 Å². The summed E-state index contributed by atoms with van der Waals surface area (Å²) in [5.41, 5.74) is 2.03. The predicted octanol–water partition coefficient (Wildman–Crippen LogP) is 4.00. The first-order chi connectivity index (χ1) is 17.4. The van der Waals surface area contributed by atoms with E-state index in [-0.39, 0.29) is 24.1 Å². The third-order valence-corrected chi connectivity index (χ3v) is 9.01. The lowest BCUT2D eigenvalue weighted by Crippen LogP contribution is -2.37. The van der Waals surface area contributed by atoms with Crippen molar-refractivity contribution in [2.75, 3.05) is 17.4 Å². The highest BCUT2D eigenvalue weighted by Gasteiger charge is 2.39. The normalized spacial score (nSPS) is 21.8. The van der Waals surface area contributed by atoms with E-state index in [4.69, 9.17) is 4.74 Å². The molecular weight excluding hydrogens is 481 g/mol. The molecule has 0 spiro atoms. The molecule has 1 aliphatic heterocycles. The van der Waals surface area contributed by atoms with Gasteiger partial charge in [0.05, 0.1) is 0 Å². The molecule has 7 nitrogen and oxygen atoms in total. The monoisotopic (exact) mass is 515 g/mol. The van der Waals surface area contributed by atoms with E-state index in [9.17, 15) is 13.2 Å². The van der Waals surface area contributed by atoms with Gasteiger partial charge in [-0.2, -0.15) is 8.42 Å². The van der Waals surface area contributed by atoms with Crippen LogP contribution in [0.1, 0.15) is 61.6 Å². The Morgan fingerprint density at radius 3 is 2.61 bits per heavy atom. The highest BCUT2D eigenvalue weighted by molar-refractivity contribution is 7.92. The van der Waals surface area contributed by atoms with E-state index < -0.39 is 28.5 Å². The number of amides is 1. The Morgan fingerprint density at radius 1 is 1.11 bits per heavy atom. The van der Waals surface area contributed by atoms with E-state index in [1.165, 1.54) is 32.1 Å². The number of aryl methyl sites for hydroxylation is 1. The third kappa shape index (κ3) is 5.52. The Morgan fingerprint density at radius 2 is 1.89 bits per heavy atom. The van der Waals surface area contributed by atoms with Crippen molar-refractivity contribution in [1.29, 1.82) is 0 Å². The number of rotatable bonds is 8. The SMILES string of the molecule is O=C1CN(c2c(OCc3ccccc3)cc3c(c2F)CC(NCCC2CCCCC2)CC3)S(=O)(=O)N1. The molecule has 1 atom stereocenters. The topological polar surface area (TPSA) is 87.7 Å². The number of halogens is 1. The Labute approximate surface area is 212 Å². The average molecular weight is 516 g/mol. The lowest BCUT2D eigenvalue weighted by Gasteiger charge is -2.30. The second kappa shape index (κ2) is 10.8. The molecule has 2 N–H and O–H groups in total. The number of hydrogen-bond acceptors (Lipinski definition) is 5. The smallest absolute Gasteiger partial charge is 0.326 e. The highest BCUT2D eigenvalue weighted by atomic mass is 32.2. The minimum atomic E-state index is -4.19. The summed E-state index contributed by atoms with van der Waals surface area (Å²) in [6.07, 6.45) is 9.77. The van der Waals surface area contributed by atoms with Gasteiger partial charge in [-0.25, -0.2) is 13.4 Å². The van der Waals surface area contributed by atoms with E-state index in [0.29, 0.717) is 18.4 Å². The van der Waals surface area contributed by atoms with Crippen molar-refractivity contribution in [1.82, 2.24) is 10.0 Å². The zero-order valence-electron chi connectivity index (χ0n) is 20.5. The number of benzene rings is 2. The van der Waals surface area contributed by atoms with Crippen LogP contribution in [0.2, 0.25) is 0 Å². The Kier molecular flexibility index (Phi) is 7.48. The zero-order chi connectivity index (χ0) is 25.1. The summed E-state index contributed by atoms with van der Waals surface area (Å²) in [7, 11) is -4.19. The molecule has 5 rings (SSSR count). The van der Waals surface area contributed by atoms with Crippen molar-refractivity contribution in [3.63, 3.8) is 0 Å². The lowest BCUT2D eigenvalue weighted by molar-refractivity contribution is -0.117. The van der Waals surface area contributed by atoms with Gasteiger partial charge in [0.1, 0.15) is 24.6 Å². The Balaban J connectivity index is 1.38. The van der Waals surface area contributed by atoms with Gasteiger partial charge in [-0.05, 0) is 60.9 Å². The van der Waals surface area contributed by atoms with E-state index in [1.807, 2.05) is 35.1 Å². The van der Waals surface area contributed by atoms with Gasteiger partial charge in [-0.3, -0.25) is 4.79 Å². The minimum absolute atomic E-state index is 0.134. The van der Waals surface area contributed by atoms with Crippen LogP contribution in [0.15, 0.2) is 36.4 Å². The van der Waals surface area contributed by atoms with Crippen LogP contribution in [0.4, 0.5) is 10.1 Å². The lowest BCUT2D eigenvalue weighted by atomic mass is 9.85. The fourth-order valence-corrected chi connectivity index (χ4v) is 6.85. The Hall–Kier alpha value is -2.65. The van der Waals surface area contributed by atoms with Gasteiger partial charge >= 0.3 is 10.2 Å². The molecule has 36 heavy (non-hydrogen) atoms. The zero-order valence-corrected chi connectivity index (χ0v) is 21.3. The molecule has 194 valence electrons. The molecule has 1 unspecified atom stereocenters. The van der Waals surface area contributed by atoms with Crippen molar-refractivity contribution < 1.29 is 22.3 Å². The van der Waals surface area contributed by atoms with Crippen LogP contribution in [0.25, 0.3) is 0 Å². The van der Waals surface area contributed by atoms with Crippen LogP contribution in [0.3, 0.4) is 0 Å². The molecule has 2 aromatic carbocycles. The fraction of sp³-hybridized carbons (Fsp3) is 0.519. The van der Waals surface area contributed by atoms with Crippen LogP contribution < -0.4 is 19.1 Å². The largest absolute Gasteiger partial charge is 0.487 e. The molecule has 1 saturated heterocycles. The van der Waals surface area contributed by atoms with Crippen LogP contribution in [-0.2, 0) is 34.5 Å². The van der Waals surface area contributed by atoms with E-state index in [1.54, 1.807) is 6.07 Å². The predicted molar refractivity (Wildman–Crippen MR) is 137 cm³/mol. The summed E-state index contributed by atoms with van der Waals surface area (Å²) in [6, 6.07) is 11.3. The van der Waals surface area contributed by atoms with Gasteiger partial charge < -0.3 is 10.1 Å². The molecule has 0 aromatic heterocycles. The second-order valence-electron chi connectivity index (χ2n) is 10.2. The highest BCUT2D eigenvalue weighted by Crippen LogP contribution is 2.41. The summed E-state index contributed by atoms with van der Waals surface area (Å²) in [5.74, 6) is -0.392. The van der Waals surface area contributed by atoms with Crippen LogP contribution in [0.5, 0.6) is 5.75 Å². The molecule has 0 bridgehead atoms. The number of ether oxygens (including phenoxy) is 1. The number of hydrogen-bond donors (Lipinski definition) is 2. The van der Waals surface area contributed by atoms with Crippen molar-refractivity contribution in [3.05, 3.63) is 58.9 Å². The van der Waals surface area contributed by atoms with Gasteiger partial charge in [0.2, 0.25) is 0 Å².